The number of unbranched alkanes of at least 4 members (excludes halogenated alkanes) is 19. The normalized spacial score (nSPS) is 12.8. The minimum Gasteiger partial charge on any atom is -0.462 e. The van der Waals surface area contributed by atoms with E-state index < -0.39 is 6.16 Å². The van der Waals surface area contributed by atoms with Gasteiger partial charge in [-0.05, 0) is 70.1 Å². The smallest absolute Gasteiger partial charge is 0.462 e. The third-order valence-corrected chi connectivity index (χ3v) is 11.1. The lowest BCUT2D eigenvalue weighted by atomic mass is 9.92. The molecule has 0 aromatic heterocycles. The highest BCUT2D eigenvalue weighted by molar-refractivity contribution is 5.69. The molecule has 0 fully saturated rings. The second-order valence-electron chi connectivity index (χ2n) is 16.3. The molecule has 6 nitrogen and oxygen atoms in total. The van der Waals surface area contributed by atoms with Crippen molar-refractivity contribution < 1.29 is 23.8 Å². The van der Waals surface area contributed by atoms with Gasteiger partial charge in [0.1, 0.15) is 6.10 Å². The van der Waals surface area contributed by atoms with Crippen LogP contribution in [0.3, 0.4) is 0 Å². The third-order valence-electron chi connectivity index (χ3n) is 11.1. The van der Waals surface area contributed by atoms with Crippen LogP contribution in [0, 0.1) is 5.92 Å². The van der Waals surface area contributed by atoms with Crippen molar-refractivity contribution in [2.75, 3.05) is 6.61 Å². The Kier molecular flexibility index (Phi) is 39.4. The highest BCUT2D eigenvalue weighted by Gasteiger charge is 2.20. The van der Waals surface area contributed by atoms with Gasteiger partial charge in [0.15, 0.2) is 6.23 Å². The Balaban J connectivity index is 4.81. The summed E-state index contributed by atoms with van der Waals surface area (Å²) in [6, 6.07) is 0.231. The van der Waals surface area contributed by atoms with Gasteiger partial charge in [-0.25, -0.2) is 4.79 Å². The first-order valence-electron chi connectivity index (χ1n) is 23.7. The summed E-state index contributed by atoms with van der Waals surface area (Å²) in [6.45, 7) is 13.9. The molecule has 0 amide bonds. The fraction of sp³-hybridized carbons (Fsp3) is 0.957. The first-order valence-corrected chi connectivity index (χ1v) is 23.7. The molecule has 0 aliphatic rings. The molecule has 0 rings (SSSR count). The second kappa shape index (κ2) is 40.4. The Morgan fingerprint density at radius 3 is 1.42 bits per heavy atom. The molecule has 0 saturated carbocycles. The van der Waals surface area contributed by atoms with Crippen molar-refractivity contribution in [3.63, 3.8) is 0 Å². The quantitative estimate of drug-likeness (QED) is 0.0381. The van der Waals surface area contributed by atoms with E-state index in [1.54, 1.807) is 0 Å². The average Bonchev–Trinajstić information content (AvgIpc) is 3.15. The van der Waals surface area contributed by atoms with Gasteiger partial charge < -0.3 is 14.2 Å². The van der Waals surface area contributed by atoms with Crippen LogP contribution in [0.2, 0.25) is 0 Å². The van der Waals surface area contributed by atoms with Crippen LogP contribution in [0.4, 0.5) is 4.79 Å². The van der Waals surface area contributed by atoms with E-state index in [0.29, 0.717) is 18.9 Å². The zero-order valence-electron chi connectivity index (χ0n) is 36.6. The van der Waals surface area contributed by atoms with E-state index in [1.807, 2.05) is 0 Å². The predicted molar refractivity (Wildman–Crippen MR) is 228 cm³/mol. The number of carbonyl (C=O) groups excluding carboxylic acids is 2. The second-order valence-corrected chi connectivity index (χ2v) is 16.3. The summed E-state index contributed by atoms with van der Waals surface area (Å²) in [6.07, 6.45) is 38.4. The molecular weight excluding hydrogens is 659 g/mol. The van der Waals surface area contributed by atoms with Crippen LogP contribution in [0.25, 0.3) is 0 Å². The van der Waals surface area contributed by atoms with Gasteiger partial charge in [0.25, 0.3) is 0 Å². The molecule has 0 aromatic carbocycles. The molecule has 0 saturated heterocycles. The largest absolute Gasteiger partial charge is 0.509 e. The van der Waals surface area contributed by atoms with Crippen LogP contribution in [-0.2, 0) is 19.0 Å². The highest BCUT2D eigenvalue weighted by atomic mass is 16.7. The standard InChI is InChI=1S/C47H93NO5/c1-7-13-18-22-24-29-36-44(37-30-25-23-19-14-8-2)52-46(49)39-32-31-35-43(12-6)48-45(38-26-17-11-5)53-47(50)51-41-40-42(33-27-20-15-9-3)34-28-21-16-10-4/h42-45,48H,7-41H2,1-6H3. The van der Waals surface area contributed by atoms with Crippen molar-refractivity contribution in [2.24, 2.45) is 5.92 Å². The number of nitrogens with one attached hydrogen (secondary N) is 1. The summed E-state index contributed by atoms with van der Waals surface area (Å²) < 4.78 is 17.7. The molecule has 1 N–H and O–H groups in total. The Labute approximate surface area is 331 Å². The summed E-state index contributed by atoms with van der Waals surface area (Å²) in [5.41, 5.74) is 0. The van der Waals surface area contributed by atoms with E-state index in [-0.39, 0.29) is 24.3 Å². The molecular formula is C47H93NO5. The van der Waals surface area contributed by atoms with Crippen molar-refractivity contribution in [2.45, 2.75) is 278 Å². The molecule has 0 radical (unpaired) electrons. The van der Waals surface area contributed by atoms with Gasteiger partial charge in [0, 0.05) is 12.5 Å². The third kappa shape index (κ3) is 34.9. The van der Waals surface area contributed by atoms with Crippen LogP contribution in [0.5, 0.6) is 0 Å². The molecule has 2 unspecified atom stereocenters. The minimum atomic E-state index is -0.538. The van der Waals surface area contributed by atoms with Crippen molar-refractivity contribution in [3.8, 4) is 0 Å². The molecule has 0 aliphatic heterocycles. The molecule has 0 aliphatic carbocycles. The van der Waals surface area contributed by atoms with Crippen molar-refractivity contribution in [1.29, 1.82) is 0 Å². The van der Waals surface area contributed by atoms with Crippen molar-refractivity contribution in [1.82, 2.24) is 5.32 Å². The van der Waals surface area contributed by atoms with Gasteiger partial charge >= 0.3 is 12.1 Å². The number of ether oxygens (including phenoxy) is 3. The van der Waals surface area contributed by atoms with Gasteiger partial charge in [0.2, 0.25) is 0 Å². The fourth-order valence-corrected chi connectivity index (χ4v) is 7.51. The summed E-state index contributed by atoms with van der Waals surface area (Å²) in [5, 5.41) is 3.64. The minimum absolute atomic E-state index is 0.0272. The van der Waals surface area contributed by atoms with Crippen LogP contribution in [-0.4, -0.2) is 37.1 Å². The highest BCUT2D eigenvalue weighted by Crippen LogP contribution is 2.23. The van der Waals surface area contributed by atoms with Crippen molar-refractivity contribution in [3.05, 3.63) is 0 Å². The molecule has 0 spiro atoms. The number of carbonyl (C=O) groups is 2. The zero-order valence-corrected chi connectivity index (χ0v) is 36.6. The first-order chi connectivity index (χ1) is 25.9. The van der Waals surface area contributed by atoms with Crippen LogP contribution >= 0.6 is 0 Å². The van der Waals surface area contributed by atoms with E-state index in [2.05, 4.69) is 46.9 Å². The van der Waals surface area contributed by atoms with Gasteiger partial charge in [0.05, 0.1) is 6.61 Å². The molecule has 0 aromatic rings. The zero-order chi connectivity index (χ0) is 39.0. The summed E-state index contributed by atoms with van der Waals surface area (Å²) in [7, 11) is 0. The predicted octanol–water partition coefficient (Wildman–Crippen LogP) is 15.3. The van der Waals surface area contributed by atoms with Crippen LogP contribution in [0.15, 0.2) is 0 Å². The molecule has 2 atom stereocenters. The van der Waals surface area contributed by atoms with Crippen LogP contribution in [0.1, 0.15) is 260 Å². The number of rotatable bonds is 41. The van der Waals surface area contributed by atoms with Crippen LogP contribution < -0.4 is 5.32 Å². The van der Waals surface area contributed by atoms with Gasteiger partial charge in [-0.15, -0.1) is 0 Å². The molecule has 316 valence electrons. The summed E-state index contributed by atoms with van der Waals surface area (Å²) in [5.74, 6) is 0.601. The lowest BCUT2D eigenvalue weighted by Crippen LogP contribution is -2.41. The topological polar surface area (TPSA) is 73.9 Å². The van der Waals surface area contributed by atoms with E-state index in [4.69, 9.17) is 14.2 Å². The number of hydrogen-bond acceptors (Lipinski definition) is 6. The average molecular weight is 752 g/mol. The first kappa shape index (κ1) is 51.7. The molecule has 0 heterocycles. The maximum atomic E-state index is 12.9. The lowest BCUT2D eigenvalue weighted by molar-refractivity contribution is -0.150. The van der Waals surface area contributed by atoms with E-state index in [0.717, 1.165) is 83.5 Å². The lowest BCUT2D eigenvalue weighted by Gasteiger charge is -2.25. The van der Waals surface area contributed by atoms with Gasteiger partial charge in [-0.2, -0.15) is 0 Å². The fourth-order valence-electron chi connectivity index (χ4n) is 7.51. The Hall–Kier alpha value is -1.30. The summed E-state index contributed by atoms with van der Waals surface area (Å²) >= 11 is 0. The Morgan fingerprint density at radius 2 is 0.887 bits per heavy atom. The summed E-state index contributed by atoms with van der Waals surface area (Å²) in [4.78, 5) is 25.8. The van der Waals surface area contributed by atoms with E-state index >= 15 is 0 Å². The number of esters is 1. The van der Waals surface area contributed by atoms with E-state index in [1.165, 1.54) is 128 Å². The van der Waals surface area contributed by atoms with E-state index in [9.17, 15) is 9.59 Å². The van der Waals surface area contributed by atoms with Gasteiger partial charge in [-0.1, -0.05) is 189 Å². The maximum absolute atomic E-state index is 12.9. The Bertz CT molecular complexity index is 748. The Morgan fingerprint density at radius 1 is 0.453 bits per heavy atom. The van der Waals surface area contributed by atoms with Crippen molar-refractivity contribution >= 4 is 12.1 Å². The number of hydrogen-bond donors (Lipinski definition) is 1. The maximum Gasteiger partial charge on any atom is 0.509 e. The molecule has 53 heavy (non-hydrogen) atoms. The van der Waals surface area contributed by atoms with Gasteiger partial charge in [-0.3, -0.25) is 10.1 Å². The monoisotopic (exact) mass is 752 g/mol. The molecule has 6 heteroatoms. The molecule has 0 bridgehead atoms. The SMILES string of the molecule is CCCCCCCCC(CCCCCCCC)OC(=O)CCCCC(CC)NC(CCCCC)OC(=O)OCCC(CCCCCC)CCCCCC.